The molecule has 0 bridgehead atoms. The Hall–Kier alpha value is -1.11. The van der Waals surface area contributed by atoms with Crippen LogP contribution in [-0.2, 0) is 6.18 Å². The Labute approximate surface area is 85.3 Å². The molecule has 0 radical (unpaired) electrons. The summed E-state index contributed by atoms with van der Waals surface area (Å²) < 4.78 is 60.9. The van der Waals surface area contributed by atoms with Crippen LogP contribution in [0.15, 0.2) is 6.20 Å². The molecular formula is C7H3ClF5NO. The van der Waals surface area contributed by atoms with Crippen LogP contribution in [0.5, 0.6) is 5.75 Å². The molecule has 0 unspecified atom stereocenters. The van der Waals surface area contributed by atoms with E-state index in [1.54, 1.807) is 0 Å². The van der Waals surface area contributed by atoms with Gasteiger partial charge < -0.3 is 5.11 Å². The second-order valence-corrected chi connectivity index (χ2v) is 2.90. The smallest absolute Gasteiger partial charge is 0.434 e. The Morgan fingerprint density at radius 3 is 2.27 bits per heavy atom. The molecule has 0 saturated heterocycles. The Morgan fingerprint density at radius 1 is 1.33 bits per heavy atom. The lowest BCUT2D eigenvalue weighted by Gasteiger charge is -2.11. The molecular weight excluding hydrogens is 245 g/mol. The van der Waals surface area contributed by atoms with Crippen molar-refractivity contribution in [1.29, 1.82) is 0 Å². The van der Waals surface area contributed by atoms with Gasteiger partial charge in [-0.25, -0.2) is 13.8 Å². The molecule has 8 heteroatoms. The SMILES string of the molecule is Oc1cnc(C(F)(F)F)c(Cl)c1C(F)F. The maximum Gasteiger partial charge on any atom is 0.434 e. The summed E-state index contributed by atoms with van der Waals surface area (Å²) in [7, 11) is 0. The fourth-order valence-corrected chi connectivity index (χ4v) is 1.23. The first-order valence-electron chi connectivity index (χ1n) is 3.48. The third-order valence-corrected chi connectivity index (χ3v) is 1.91. The number of hydrogen-bond donors (Lipinski definition) is 1. The molecule has 84 valence electrons. The fraction of sp³-hybridized carbons (Fsp3) is 0.286. The Morgan fingerprint density at radius 2 is 1.87 bits per heavy atom. The van der Waals surface area contributed by atoms with E-state index < -0.39 is 34.6 Å². The number of nitrogens with zero attached hydrogens (tertiary/aromatic N) is 1. The number of alkyl halides is 5. The molecule has 0 aliphatic carbocycles. The molecule has 1 heterocycles. The average molecular weight is 248 g/mol. The van der Waals surface area contributed by atoms with Gasteiger partial charge >= 0.3 is 6.18 Å². The van der Waals surface area contributed by atoms with Gasteiger partial charge in [0.2, 0.25) is 0 Å². The highest BCUT2D eigenvalue weighted by Crippen LogP contribution is 2.41. The largest absolute Gasteiger partial charge is 0.506 e. The van der Waals surface area contributed by atoms with Crippen LogP contribution in [0.4, 0.5) is 22.0 Å². The highest BCUT2D eigenvalue weighted by atomic mass is 35.5. The molecule has 0 aromatic carbocycles. The zero-order chi connectivity index (χ0) is 11.8. The van der Waals surface area contributed by atoms with Crippen molar-refractivity contribution in [3.05, 3.63) is 22.5 Å². The number of rotatable bonds is 1. The maximum absolute atomic E-state index is 12.2. The monoisotopic (exact) mass is 247 g/mol. The van der Waals surface area contributed by atoms with Gasteiger partial charge in [0.15, 0.2) is 5.69 Å². The highest BCUT2D eigenvalue weighted by Gasteiger charge is 2.38. The number of halogens is 6. The molecule has 0 saturated carbocycles. The zero-order valence-electron chi connectivity index (χ0n) is 6.82. The lowest BCUT2D eigenvalue weighted by atomic mass is 10.2. The van der Waals surface area contributed by atoms with E-state index >= 15 is 0 Å². The maximum atomic E-state index is 12.2. The number of pyridine rings is 1. The van der Waals surface area contributed by atoms with E-state index in [0.717, 1.165) is 0 Å². The summed E-state index contributed by atoms with van der Waals surface area (Å²) in [6.07, 6.45) is -7.95. The summed E-state index contributed by atoms with van der Waals surface area (Å²) in [4.78, 5) is 2.75. The molecule has 0 atom stereocenters. The van der Waals surface area contributed by atoms with Gasteiger partial charge in [-0.2, -0.15) is 13.2 Å². The zero-order valence-corrected chi connectivity index (χ0v) is 7.57. The molecule has 15 heavy (non-hydrogen) atoms. The van der Waals surface area contributed by atoms with Gasteiger partial charge in [-0.05, 0) is 0 Å². The van der Waals surface area contributed by atoms with Crippen molar-refractivity contribution in [3.63, 3.8) is 0 Å². The normalized spacial score (nSPS) is 12.2. The third kappa shape index (κ3) is 2.28. The number of aromatic hydroxyl groups is 1. The van der Waals surface area contributed by atoms with Gasteiger partial charge in [0, 0.05) is 0 Å². The van der Waals surface area contributed by atoms with Crippen molar-refractivity contribution in [2.45, 2.75) is 12.6 Å². The average Bonchev–Trinajstić information content (AvgIpc) is 2.00. The number of hydrogen-bond acceptors (Lipinski definition) is 2. The summed E-state index contributed by atoms with van der Waals surface area (Å²) in [5.41, 5.74) is -2.91. The van der Waals surface area contributed by atoms with Crippen molar-refractivity contribution in [2.75, 3.05) is 0 Å². The van der Waals surface area contributed by atoms with Crippen molar-refractivity contribution >= 4 is 11.6 Å². The van der Waals surface area contributed by atoms with Crippen molar-refractivity contribution in [3.8, 4) is 5.75 Å². The van der Waals surface area contributed by atoms with Crippen LogP contribution in [-0.4, -0.2) is 10.1 Å². The molecule has 0 fully saturated rings. The summed E-state index contributed by atoms with van der Waals surface area (Å²) in [6.45, 7) is 0. The van der Waals surface area contributed by atoms with Gasteiger partial charge in [0.25, 0.3) is 6.43 Å². The molecule has 0 aliphatic heterocycles. The molecule has 0 spiro atoms. The van der Waals surface area contributed by atoms with Crippen molar-refractivity contribution in [2.24, 2.45) is 0 Å². The third-order valence-electron chi connectivity index (χ3n) is 1.52. The van der Waals surface area contributed by atoms with Crippen LogP contribution in [0.1, 0.15) is 17.7 Å². The first kappa shape index (κ1) is 12.0. The van der Waals surface area contributed by atoms with Gasteiger partial charge in [0.1, 0.15) is 5.75 Å². The fourth-order valence-electron chi connectivity index (χ4n) is 0.897. The minimum atomic E-state index is -4.94. The van der Waals surface area contributed by atoms with Gasteiger partial charge in [0.05, 0.1) is 16.8 Å². The van der Waals surface area contributed by atoms with E-state index in [1.165, 1.54) is 0 Å². The van der Waals surface area contributed by atoms with Gasteiger partial charge in [-0.3, -0.25) is 0 Å². The molecule has 1 aromatic heterocycles. The molecule has 1 rings (SSSR count). The van der Waals surface area contributed by atoms with Gasteiger partial charge in [-0.15, -0.1) is 0 Å². The summed E-state index contributed by atoms with van der Waals surface area (Å²) >= 11 is 5.07. The predicted molar refractivity (Wildman–Crippen MR) is 40.9 cm³/mol. The van der Waals surface area contributed by atoms with Crippen LogP contribution < -0.4 is 0 Å². The molecule has 2 nitrogen and oxygen atoms in total. The van der Waals surface area contributed by atoms with E-state index in [2.05, 4.69) is 4.98 Å². The lowest BCUT2D eigenvalue weighted by molar-refractivity contribution is -0.141. The minimum Gasteiger partial charge on any atom is -0.506 e. The van der Waals surface area contributed by atoms with Crippen LogP contribution in [0, 0.1) is 0 Å². The number of aromatic nitrogens is 1. The minimum absolute atomic E-state index is 0.288. The topological polar surface area (TPSA) is 33.1 Å². The first-order chi connectivity index (χ1) is 6.75. The first-order valence-corrected chi connectivity index (χ1v) is 3.85. The highest BCUT2D eigenvalue weighted by molar-refractivity contribution is 6.32. The Balaban J connectivity index is 3.42. The van der Waals surface area contributed by atoms with Crippen molar-refractivity contribution in [1.82, 2.24) is 4.98 Å². The predicted octanol–water partition coefficient (Wildman–Crippen LogP) is 3.40. The summed E-state index contributed by atoms with van der Waals surface area (Å²) in [5, 5.41) is 7.58. The Bertz CT molecular complexity index is 378. The summed E-state index contributed by atoms with van der Waals surface area (Å²) in [5.74, 6) is -1.07. The van der Waals surface area contributed by atoms with E-state index in [0.29, 0.717) is 0 Å². The molecule has 1 aromatic rings. The molecule has 0 amide bonds. The second kappa shape index (κ2) is 3.80. The van der Waals surface area contributed by atoms with Crippen molar-refractivity contribution < 1.29 is 27.1 Å². The summed E-state index contributed by atoms with van der Waals surface area (Å²) in [6, 6.07) is 0. The van der Waals surface area contributed by atoms with E-state index in [4.69, 9.17) is 16.7 Å². The van der Waals surface area contributed by atoms with Crippen LogP contribution in [0.3, 0.4) is 0 Å². The van der Waals surface area contributed by atoms with Crippen LogP contribution >= 0.6 is 11.6 Å². The quantitative estimate of drug-likeness (QED) is 0.772. The standard InChI is InChI=1S/C7H3ClF5NO/c8-4-3(6(9)10)2(15)1-14-5(4)7(11,12)13/h1,6,15H. The lowest BCUT2D eigenvalue weighted by Crippen LogP contribution is -2.10. The van der Waals surface area contributed by atoms with Crippen LogP contribution in [0.2, 0.25) is 5.02 Å². The van der Waals surface area contributed by atoms with Crippen LogP contribution in [0.25, 0.3) is 0 Å². The van der Waals surface area contributed by atoms with E-state index in [9.17, 15) is 22.0 Å². The molecule has 1 N–H and O–H groups in total. The Kier molecular flexibility index (Phi) is 3.03. The van der Waals surface area contributed by atoms with E-state index in [-0.39, 0.29) is 6.20 Å². The van der Waals surface area contributed by atoms with E-state index in [1.807, 2.05) is 0 Å². The molecule has 0 aliphatic rings. The van der Waals surface area contributed by atoms with Gasteiger partial charge in [-0.1, -0.05) is 11.6 Å². The second-order valence-electron chi connectivity index (χ2n) is 2.52.